The van der Waals surface area contributed by atoms with E-state index in [2.05, 4.69) is 0 Å². The van der Waals surface area contributed by atoms with Gasteiger partial charge in [0.2, 0.25) is 0 Å². The molecule has 0 bridgehead atoms. The standard InChI is InChI=1S/C10H18O4/c1-4-13-10(14-5-2)7-6-8(10)9(11)12-3/h8H,4-7H2,1-3H3. The Morgan fingerprint density at radius 3 is 2.21 bits per heavy atom. The fourth-order valence-corrected chi connectivity index (χ4v) is 1.84. The molecule has 1 unspecified atom stereocenters. The summed E-state index contributed by atoms with van der Waals surface area (Å²) in [5, 5.41) is 0. The Bertz CT molecular complexity index is 196. The third-order valence-corrected chi connectivity index (χ3v) is 2.58. The van der Waals surface area contributed by atoms with Gasteiger partial charge < -0.3 is 14.2 Å². The molecule has 4 nitrogen and oxygen atoms in total. The van der Waals surface area contributed by atoms with E-state index in [9.17, 15) is 4.79 Å². The number of hydrogen-bond acceptors (Lipinski definition) is 4. The van der Waals surface area contributed by atoms with E-state index in [1.165, 1.54) is 7.11 Å². The average Bonchev–Trinajstić information content (AvgIpc) is 2.15. The van der Waals surface area contributed by atoms with Crippen LogP contribution in [0, 0.1) is 5.92 Å². The highest BCUT2D eigenvalue weighted by molar-refractivity contribution is 5.74. The summed E-state index contributed by atoms with van der Waals surface area (Å²) in [6.07, 6.45) is 1.56. The van der Waals surface area contributed by atoms with Crippen LogP contribution < -0.4 is 0 Å². The Balaban J connectivity index is 2.63. The van der Waals surface area contributed by atoms with Crippen molar-refractivity contribution in [3.05, 3.63) is 0 Å². The first-order chi connectivity index (χ1) is 6.70. The lowest BCUT2D eigenvalue weighted by atomic mass is 9.77. The first-order valence-corrected chi connectivity index (χ1v) is 5.06. The van der Waals surface area contributed by atoms with E-state index in [1.807, 2.05) is 13.8 Å². The minimum Gasteiger partial charge on any atom is -0.469 e. The van der Waals surface area contributed by atoms with Gasteiger partial charge in [-0.05, 0) is 20.3 Å². The third kappa shape index (κ3) is 1.91. The lowest BCUT2D eigenvalue weighted by Crippen LogP contribution is -2.55. The van der Waals surface area contributed by atoms with Gasteiger partial charge in [-0.3, -0.25) is 4.79 Å². The Kier molecular flexibility index (Phi) is 3.89. The first kappa shape index (κ1) is 11.5. The predicted molar refractivity (Wildman–Crippen MR) is 50.7 cm³/mol. The Morgan fingerprint density at radius 1 is 1.36 bits per heavy atom. The molecule has 0 aromatic carbocycles. The van der Waals surface area contributed by atoms with Crippen LogP contribution in [-0.4, -0.2) is 32.1 Å². The number of esters is 1. The van der Waals surface area contributed by atoms with Crippen molar-refractivity contribution in [3.63, 3.8) is 0 Å². The van der Waals surface area contributed by atoms with E-state index in [1.54, 1.807) is 0 Å². The number of carbonyl (C=O) groups excluding carboxylic acids is 1. The Labute approximate surface area is 84.5 Å². The zero-order valence-corrected chi connectivity index (χ0v) is 9.04. The van der Waals surface area contributed by atoms with E-state index in [4.69, 9.17) is 14.2 Å². The summed E-state index contributed by atoms with van der Waals surface area (Å²) in [5.74, 6) is -1.21. The monoisotopic (exact) mass is 202 g/mol. The van der Waals surface area contributed by atoms with Crippen LogP contribution in [0.5, 0.6) is 0 Å². The van der Waals surface area contributed by atoms with Crippen LogP contribution >= 0.6 is 0 Å². The highest BCUT2D eigenvalue weighted by Crippen LogP contribution is 2.43. The van der Waals surface area contributed by atoms with Crippen molar-refractivity contribution in [1.82, 2.24) is 0 Å². The molecule has 1 atom stereocenters. The van der Waals surface area contributed by atoms with E-state index in [0.717, 1.165) is 12.8 Å². The summed E-state index contributed by atoms with van der Waals surface area (Å²) in [6, 6.07) is 0. The smallest absolute Gasteiger partial charge is 0.314 e. The van der Waals surface area contributed by atoms with Gasteiger partial charge in [-0.15, -0.1) is 0 Å². The molecular formula is C10H18O4. The fourth-order valence-electron chi connectivity index (χ4n) is 1.84. The number of rotatable bonds is 5. The van der Waals surface area contributed by atoms with Crippen LogP contribution in [0.4, 0.5) is 0 Å². The quantitative estimate of drug-likeness (QED) is 0.498. The van der Waals surface area contributed by atoms with Crippen LogP contribution in [-0.2, 0) is 19.0 Å². The van der Waals surface area contributed by atoms with Gasteiger partial charge >= 0.3 is 5.97 Å². The van der Waals surface area contributed by atoms with Crippen molar-refractivity contribution in [3.8, 4) is 0 Å². The average molecular weight is 202 g/mol. The molecule has 4 heteroatoms. The highest BCUT2D eigenvalue weighted by Gasteiger charge is 2.53. The molecule has 0 aromatic rings. The molecule has 0 aromatic heterocycles. The summed E-state index contributed by atoms with van der Waals surface area (Å²) in [4.78, 5) is 11.4. The van der Waals surface area contributed by atoms with Crippen molar-refractivity contribution in [2.24, 2.45) is 5.92 Å². The van der Waals surface area contributed by atoms with Gasteiger partial charge in [0.05, 0.1) is 7.11 Å². The van der Waals surface area contributed by atoms with Crippen molar-refractivity contribution >= 4 is 5.97 Å². The third-order valence-electron chi connectivity index (χ3n) is 2.58. The summed E-state index contributed by atoms with van der Waals surface area (Å²) in [7, 11) is 1.39. The molecule has 0 amide bonds. The minimum absolute atomic E-state index is 0.238. The van der Waals surface area contributed by atoms with Gasteiger partial charge in [0.25, 0.3) is 0 Å². The minimum atomic E-state index is -0.712. The maximum absolute atomic E-state index is 11.4. The van der Waals surface area contributed by atoms with Crippen molar-refractivity contribution < 1.29 is 19.0 Å². The molecule has 0 spiro atoms. The molecule has 14 heavy (non-hydrogen) atoms. The zero-order chi connectivity index (χ0) is 10.6. The summed E-state index contributed by atoms with van der Waals surface area (Å²) >= 11 is 0. The van der Waals surface area contributed by atoms with E-state index >= 15 is 0 Å². The molecule has 1 aliphatic rings. The second-order valence-electron chi connectivity index (χ2n) is 3.29. The number of carbonyl (C=O) groups is 1. The fraction of sp³-hybridized carbons (Fsp3) is 0.900. The largest absolute Gasteiger partial charge is 0.469 e. The van der Waals surface area contributed by atoms with Crippen molar-refractivity contribution in [2.75, 3.05) is 20.3 Å². The number of ether oxygens (including phenoxy) is 3. The number of methoxy groups -OCH3 is 1. The highest BCUT2D eigenvalue weighted by atomic mass is 16.7. The summed E-state index contributed by atoms with van der Waals surface area (Å²) in [6.45, 7) is 4.89. The van der Waals surface area contributed by atoms with Crippen LogP contribution in [0.25, 0.3) is 0 Å². The molecule has 1 fully saturated rings. The normalized spacial score (nSPS) is 24.1. The van der Waals surface area contributed by atoms with Crippen LogP contribution in [0.1, 0.15) is 26.7 Å². The molecular weight excluding hydrogens is 184 g/mol. The molecule has 0 heterocycles. The van der Waals surface area contributed by atoms with Gasteiger partial charge in [0, 0.05) is 19.6 Å². The second kappa shape index (κ2) is 4.75. The van der Waals surface area contributed by atoms with Crippen molar-refractivity contribution in [2.45, 2.75) is 32.5 Å². The van der Waals surface area contributed by atoms with Gasteiger partial charge in [0.1, 0.15) is 5.92 Å². The lowest BCUT2D eigenvalue weighted by Gasteiger charge is -2.46. The van der Waals surface area contributed by atoms with E-state index in [0.29, 0.717) is 13.2 Å². The summed E-state index contributed by atoms with van der Waals surface area (Å²) < 4.78 is 15.7. The zero-order valence-electron chi connectivity index (χ0n) is 9.04. The molecule has 0 aliphatic heterocycles. The van der Waals surface area contributed by atoms with Gasteiger partial charge in [0.15, 0.2) is 5.79 Å². The van der Waals surface area contributed by atoms with Gasteiger partial charge in [-0.1, -0.05) is 0 Å². The Morgan fingerprint density at radius 2 is 1.93 bits per heavy atom. The molecule has 1 aliphatic carbocycles. The number of hydrogen-bond donors (Lipinski definition) is 0. The van der Waals surface area contributed by atoms with E-state index < -0.39 is 5.79 Å². The molecule has 0 N–H and O–H groups in total. The Hall–Kier alpha value is -0.610. The SMILES string of the molecule is CCOC1(OCC)CCC1C(=O)OC. The van der Waals surface area contributed by atoms with Crippen molar-refractivity contribution in [1.29, 1.82) is 0 Å². The summed E-state index contributed by atoms with van der Waals surface area (Å²) in [5.41, 5.74) is 0. The maximum Gasteiger partial charge on any atom is 0.314 e. The maximum atomic E-state index is 11.4. The topological polar surface area (TPSA) is 44.8 Å². The first-order valence-electron chi connectivity index (χ1n) is 5.06. The van der Waals surface area contributed by atoms with Gasteiger partial charge in [-0.25, -0.2) is 0 Å². The molecule has 1 rings (SSSR count). The van der Waals surface area contributed by atoms with Crippen LogP contribution in [0.2, 0.25) is 0 Å². The lowest BCUT2D eigenvalue weighted by molar-refractivity contribution is -0.303. The second-order valence-corrected chi connectivity index (χ2v) is 3.29. The van der Waals surface area contributed by atoms with Gasteiger partial charge in [-0.2, -0.15) is 0 Å². The molecule has 82 valence electrons. The van der Waals surface area contributed by atoms with Crippen LogP contribution in [0.3, 0.4) is 0 Å². The van der Waals surface area contributed by atoms with Crippen LogP contribution in [0.15, 0.2) is 0 Å². The molecule has 0 saturated heterocycles. The van der Waals surface area contributed by atoms with E-state index in [-0.39, 0.29) is 11.9 Å². The molecule has 0 radical (unpaired) electrons. The predicted octanol–water partition coefficient (Wildman–Crippen LogP) is 1.34. The molecule has 1 saturated carbocycles.